The average Bonchev–Trinajstić information content (AvgIpc) is 2.52. The number of allylic oxidation sites excluding steroid dienone is 1. The lowest BCUT2D eigenvalue weighted by molar-refractivity contribution is -0.127. The summed E-state index contributed by atoms with van der Waals surface area (Å²) < 4.78 is 5.80. The van der Waals surface area contributed by atoms with Crippen molar-refractivity contribution in [1.29, 1.82) is 0 Å². The maximum Gasteiger partial charge on any atom is 0.260 e. The molecule has 3 nitrogen and oxygen atoms in total. The van der Waals surface area contributed by atoms with E-state index in [1.54, 1.807) is 6.92 Å². The van der Waals surface area contributed by atoms with Crippen molar-refractivity contribution in [2.75, 3.05) is 6.54 Å². The summed E-state index contributed by atoms with van der Waals surface area (Å²) in [7, 11) is 0. The summed E-state index contributed by atoms with van der Waals surface area (Å²) in [6, 6.07) is 6.04. The summed E-state index contributed by atoms with van der Waals surface area (Å²) in [5.74, 6) is 0.745. The molecule has 0 fully saturated rings. The van der Waals surface area contributed by atoms with E-state index < -0.39 is 6.10 Å². The van der Waals surface area contributed by atoms with Gasteiger partial charge in [0.25, 0.3) is 5.91 Å². The van der Waals surface area contributed by atoms with Crippen molar-refractivity contribution in [2.24, 2.45) is 0 Å². The lowest BCUT2D eigenvalue weighted by Gasteiger charge is -2.17. The number of amides is 1. The Morgan fingerprint density at radius 3 is 2.86 bits per heavy atom. The molecule has 0 heterocycles. The first-order chi connectivity index (χ1) is 10.6. The molecule has 0 aromatic heterocycles. The van der Waals surface area contributed by atoms with Crippen LogP contribution in [-0.4, -0.2) is 18.6 Å². The Morgan fingerprint density at radius 1 is 1.32 bits per heavy atom. The molecule has 0 saturated carbocycles. The molecule has 1 aliphatic rings. The molecule has 1 aromatic carbocycles. The van der Waals surface area contributed by atoms with Gasteiger partial charge in [-0.2, -0.15) is 0 Å². The van der Waals surface area contributed by atoms with E-state index in [1.165, 1.54) is 31.3 Å². The van der Waals surface area contributed by atoms with Crippen molar-refractivity contribution in [3.05, 3.63) is 41.0 Å². The van der Waals surface area contributed by atoms with Crippen molar-refractivity contribution < 1.29 is 9.53 Å². The zero-order valence-corrected chi connectivity index (χ0v) is 13.9. The van der Waals surface area contributed by atoms with Crippen LogP contribution in [0.3, 0.4) is 0 Å². The normalized spacial score (nSPS) is 15.9. The van der Waals surface area contributed by atoms with Crippen molar-refractivity contribution in [2.45, 2.75) is 59.0 Å². The molecule has 0 saturated heterocycles. The smallest absolute Gasteiger partial charge is 0.260 e. The number of hydrogen-bond acceptors (Lipinski definition) is 2. The Morgan fingerprint density at radius 2 is 2.14 bits per heavy atom. The summed E-state index contributed by atoms with van der Waals surface area (Å²) in [5.41, 5.74) is 3.67. The SMILES string of the molecule is Cc1ccc(C)c(OC(C)C(=O)NCCC2=CCCCC2)c1. The summed E-state index contributed by atoms with van der Waals surface area (Å²) in [4.78, 5) is 12.1. The van der Waals surface area contributed by atoms with E-state index >= 15 is 0 Å². The third-order valence-corrected chi connectivity index (χ3v) is 4.15. The van der Waals surface area contributed by atoms with E-state index in [9.17, 15) is 4.79 Å². The first-order valence-electron chi connectivity index (χ1n) is 8.26. The second kappa shape index (κ2) is 8.02. The minimum absolute atomic E-state index is 0.0442. The van der Waals surface area contributed by atoms with E-state index in [-0.39, 0.29) is 5.91 Å². The van der Waals surface area contributed by atoms with Crippen LogP contribution < -0.4 is 10.1 Å². The van der Waals surface area contributed by atoms with Gasteiger partial charge in [-0.1, -0.05) is 23.8 Å². The first kappa shape index (κ1) is 16.6. The lowest BCUT2D eigenvalue weighted by atomic mass is 9.97. The zero-order chi connectivity index (χ0) is 15.9. The Labute approximate surface area is 133 Å². The molecule has 1 N–H and O–H groups in total. The number of benzene rings is 1. The first-order valence-corrected chi connectivity index (χ1v) is 8.26. The average molecular weight is 301 g/mol. The van der Waals surface area contributed by atoms with Crippen LogP contribution in [0.15, 0.2) is 29.8 Å². The van der Waals surface area contributed by atoms with Crippen LogP contribution in [0.25, 0.3) is 0 Å². The molecular weight excluding hydrogens is 274 g/mol. The van der Waals surface area contributed by atoms with Gasteiger partial charge >= 0.3 is 0 Å². The van der Waals surface area contributed by atoms with Crippen LogP contribution >= 0.6 is 0 Å². The monoisotopic (exact) mass is 301 g/mol. The molecule has 1 amide bonds. The minimum atomic E-state index is -0.471. The van der Waals surface area contributed by atoms with Crippen LogP contribution in [0.2, 0.25) is 0 Å². The number of nitrogens with one attached hydrogen (secondary N) is 1. The van der Waals surface area contributed by atoms with E-state index in [0.717, 1.165) is 23.3 Å². The van der Waals surface area contributed by atoms with E-state index in [0.29, 0.717) is 6.54 Å². The van der Waals surface area contributed by atoms with Gasteiger partial charge in [0, 0.05) is 6.54 Å². The van der Waals surface area contributed by atoms with Crippen molar-refractivity contribution in [3.63, 3.8) is 0 Å². The lowest BCUT2D eigenvalue weighted by Crippen LogP contribution is -2.37. The van der Waals surface area contributed by atoms with Gasteiger partial charge in [-0.3, -0.25) is 4.79 Å². The molecule has 120 valence electrons. The van der Waals surface area contributed by atoms with Gasteiger partial charge in [-0.15, -0.1) is 0 Å². The fourth-order valence-electron chi connectivity index (χ4n) is 2.70. The maximum atomic E-state index is 12.1. The Balaban J connectivity index is 1.79. The second-order valence-electron chi connectivity index (χ2n) is 6.18. The van der Waals surface area contributed by atoms with Gasteiger partial charge in [0.05, 0.1) is 0 Å². The number of carbonyl (C=O) groups is 1. The molecule has 0 radical (unpaired) electrons. The van der Waals surface area contributed by atoms with Crippen molar-refractivity contribution in [3.8, 4) is 5.75 Å². The van der Waals surface area contributed by atoms with Crippen LogP contribution in [-0.2, 0) is 4.79 Å². The van der Waals surface area contributed by atoms with Crippen LogP contribution in [0.4, 0.5) is 0 Å². The highest BCUT2D eigenvalue weighted by molar-refractivity contribution is 5.80. The Hall–Kier alpha value is -1.77. The van der Waals surface area contributed by atoms with Gasteiger partial charge in [-0.05, 0) is 70.1 Å². The van der Waals surface area contributed by atoms with Gasteiger partial charge in [0.15, 0.2) is 6.10 Å². The Bertz CT molecular complexity index is 548. The Kier molecular flexibility index (Phi) is 6.05. The molecule has 1 atom stereocenters. The summed E-state index contributed by atoms with van der Waals surface area (Å²) >= 11 is 0. The summed E-state index contributed by atoms with van der Waals surface area (Å²) in [5, 5.41) is 2.98. The molecule has 22 heavy (non-hydrogen) atoms. The third-order valence-electron chi connectivity index (χ3n) is 4.15. The topological polar surface area (TPSA) is 38.3 Å². The van der Waals surface area contributed by atoms with Gasteiger partial charge in [-0.25, -0.2) is 0 Å². The molecule has 0 aliphatic heterocycles. The highest BCUT2D eigenvalue weighted by Gasteiger charge is 2.15. The van der Waals surface area contributed by atoms with Crippen LogP contribution in [0.5, 0.6) is 5.75 Å². The number of carbonyl (C=O) groups excluding carboxylic acids is 1. The molecule has 3 heteroatoms. The molecular formula is C19H27NO2. The number of hydrogen-bond donors (Lipinski definition) is 1. The summed E-state index contributed by atoms with van der Waals surface area (Å²) in [6.07, 6.45) is 7.77. The largest absolute Gasteiger partial charge is 0.481 e. The predicted octanol–water partition coefficient (Wildman–Crippen LogP) is 4.08. The van der Waals surface area contributed by atoms with E-state index in [2.05, 4.69) is 11.4 Å². The molecule has 1 aliphatic carbocycles. The number of rotatable bonds is 6. The number of ether oxygens (including phenoxy) is 1. The van der Waals surface area contributed by atoms with Gasteiger partial charge < -0.3 is 10.1 Å². The van der Waals surface area contributed by atoms with E-state index in [4.69, 9.17) is 4.74 Å². The quantitative estimate of drug-likeness (QED) is 0.804. The number of aryl methyl sites for hydroxylation is 2. The van der Waals surface area contributed by atoms with Crippen LogP contribution in [0.1, 0.15) is 50.2 Å². The fourth-order valence-corrected chi connectivity index (χ4v) is 2.70. The van der Waals surface area contributed by atoms with Crippen LogP contribution in [0, 0.1) is 13.8 Å². The van der Waals surface area contributed by atoms with Crippen molar-refractivity contribution >= 4 is 5.91 Å². The third kappa shape index (κ3) is 4.90. The zero-order valence-electron chi connectivity index (χ0n) is 13.9. The van der Waals surface area contributed by atoms with E-state index in [1.807, 2.05) is 32.0 Å². The standard InChI is InChI=1S/C19H27NO2/c1-14-9-10-15(2)18(13-14)22-16(3)19(21)20-12-11-17-7-5-4-6-8-17/h7,9-10,13,16H,4-6,8,11-12H2,1-3H3,(H,20,21). The molecule has 0 spiro atoms. The second-order valence-corrected chi connectivity index (χ2v) is 6.18. The highest BCUT2D eigenvalue weighted by atomic mass is 16.5. The highest BCUT2D eigenvalue weighted by Crippen LogP contribution is 2.21. The summed E-state index contributed by atoms with van der Waals surface area (Å²) in [6.45, 7) is 6.52. The molecule has 1 unspecified atom stereocenters. The van der Waals surface area contributed by atoms with Crippen molar-refractivity contribution in [1.82, 2.24) is 5.32 Å². The molecule has 0 bridgehead atoms. The minimum Gasteiger partial charge on any atom is -0.481 e. The van der Waals surface area contributed by atoms with Gasteiger partial charge in [0.2, 0.25) is 0 Å². The predicted molar refractivity (Wildman–Crippen MR) is 90.2 cm³/mol. The van der Waals surface area contributed by atoms with Gasteiger partial charge in [0.1, 0.15) is 5.75 Å². The molecule has 2 rings (SSSR count). The fraction of sp³-hybridized carbons (Fsp3) is 0.526. The molecule has 1 aromatic rings. The maximum absolute atomic E-state index is 12.1.